The number of hydrogen-bond donors (Lipinski definition) is 1. The Hall–Kier alpha value is 0.566. The molecule has 0 amide bonds. The molecule has 1 N–H and O–H groups in total. The molecule has 0 heterocycles. The quantitative estimate of drug-likeness (QED) is 0.458. The maximum Gasteiger partial charge on any atom is 0.491 e. The van der Waals surface area contributed by atoms with Crippen LogP contribution in [0.1, 0.15) is 0 Å². The van der Waals surface area contributed by atoms with Crippen LogP contribution in [0.2, 0.25) is 0 Å². The normalized spacial score (nSPS) is 5.25. The van der Waals surface area contributed by atoms with E-state index in [4.69, 9.17) is 9.46 Å². The van der Waals surface area contributed by atoms with E-state index in [2.05, 4.69) is 0 Å². The first-order valence-electron chi connectivity index (χ1n) is 0.428. The van der Waals surface area contributed by atoms with Crippen LogP contribution in [0, 0.1) is 0 Å². The third-order valence-electron chi connectivity index (χ3n) is 0. The Bertz CT molecular complexity index is 13.5. The molecule has 0 aromatic carbocycles. The summed E-state index contributed by atoms with van der Waals surface area (Å²) in [5, 5.41) is 0. The molecule has 0 bridgehead atoms. The average molecular weight is 124 g/mol. The summed E-state index contributed by atoms with van der Waals surface area (Å²) < 4.78 is 8.51. The Morgan fingerprint density at radius 3 is 1.75 bits per heavy atom. The monoisotopic (exact) mass is 124 g/mol. The van der Waals surface area contributed by atoms with Gasteiger partial charge in [-0.25, -0.2) is 0 Å². The molecule has 2 nitrogen and oxygen atoms in total. The SMILES string of the molecule is O=[PH+]O.[Co]. The summed E-state index contributed by atoms with van der Waals surface area (Å²) in [6.07, 6.45) is 0. The van der Waals surface area contributed by atoms with Gasteiger partial charge in [-0.15, -0.1) is 0 Å². The summed E-state index contributed by atoms with van der Waals surface area (Å²) in [4.78, 5) is 7.04. The van der Waals surface area contributed by atoms with Crippen LogP contribution in [0.3, 0.4) is 0 Å². The fourth-order valence-corrected chi connectivity index (χ4v) is 0. The Morgan fingerprint density at radius 2 is 1.75 bits per heavy atom. The van der Waals surface area contributed by atoms with Crippen molar-refractivity contribution in [3.8, 4) is 0 Å². The van der Waals surface area contributed by atoms with Crippen molar-refractivity contribution in [2.45, 2.75) is 0 Å². The van der Waals surface area contributed by atoms with Crippen LogP contribution in [-0.4, -0.2) is 4.89 Å². The van der Waals surface area contributed by atoms with Gasteiger partial charge in [0, 0.05) is 16.8 Å². The summed E-state index contributed by atoms with van der Waals surface area (Å²) in [6, 6.07) is 0. The van der Waals surface area contributed by atoms with E-state index in [9.17, 15) is 0 Å². The first-order chi connectivity index (χ1) is 1.41. The largest absolute Gasteiger partial charge is 0.491 e. The predicted molar refractivity (Wildman–Crippen MR) is 11.2 cm³/mol. The fourth-order valence-electron chi connectivity index (χ4n) is 0. The molecule has 0 saturated carbocycles. The molecule has 27 valence electrons. The second-order valence-electron chi connectivity index (χ2n) is 0.0913. The van der Waals surface area contributed by atoms with Gasteiger partial charge in [0.25, 0.3) is 0 Å². The fraction of sp³-hybridized carbons (Fsp3) is 0. The molecule has 0 aliphatic rings. The van der Waals surface area contributed by atoms with Gasteiger partial charge in [-0.05, 0) is 4.57 Å². The van der Waals surface area contributed by atoms with E-state index in [0.717, 1.165) is 0 Å². The molecule has 0 rings (SSSR count). The van der Waals surface area contributed by atoms with Crippen LogP contribution >= 0.6 is 8.69 Å². The van der Waals surface area contributed by atoms with Gasteiger partial charge >= 0.3 is 8.69 Å². The van der Waals surface area contributed by atoms with Crippen molar-refractivity contribution in [3.05, 3.63) is 0 Å². The second-order valence-corrected chi connectivity index (χ2v) is 0.274. The van der Waals surface area contributed by atoms with Gasteiger partial charge in [-0.2, -0.15) is 4.89 Å². The van der Waals surface area contributed by atoms with Gasteiger partial charge in [-0.1, -0.05) is 0 Å². The molecule has 0 saturated heterocycles. The molecule has 0 aliphatic heterocycles. The standard InChI is InChI=1S/Co.HO2P/c;1-3-2/h;3H/p+1. The molecule has 0 fully saturated rings. The third kappa shape index (κ3) is 19.6. The van der Waals surface area contributed by atoms with Crippen LogP contribution in [0.25, 0.3) is 0 Å². The Morgan fingerprint density at radius 1 is 1.75 bits per heavy atom. The van der Waals surface area contributed by atoms with E-state index in [1.807, 2.05) is 0 Å². The molecule has 4 heteroatoms. The topological polar surface area (TPSA) is 37.3 Å². The van der Waals surface area contributed by atoms with Crippen molar-refractivity contribution in [3.63, 3.8) is 0 Å². The first-order valence-corrected chi connectivity index (χ1v) is 1.28. The average Bonchev–Trinajstić information content (AvgIpc) is 0.918. The van der Waals surface area contributed by atoms with E-state index < -0.39 is 8.69 Å². The van der Waals surface area contributed by atoms with Gasteiger partial charge in [0.2, 0.25) is 0 Å². The predicted octanol–water partition coefficient (Wildman–Crippen LogP) is -0.0848. The van der Waals surface area contributed by atoms with E-state index in [1.165, 1.54) is 0 Å². The van der Waals surface area contributed by atoms with Crippen LogP contribution in [0.5, 0.6) is 0 Å². The van der Waals surface area contributed by atoms with Gasteiger partial charge in [0.15, 0.2) is 0 Å². The molecule has 1 unspecified atom stereocenters. The summed E-state index contributed by atoms with van der Waals surface area (Å²) in [5.41, 5.74) is 0. The van der Waals surface area contributed by atoms with Gasteiger partial charge in [0.1, 0.15) is 0 Å². The molecular formula is H2CoO2P+. The summed E-state index contributed by atoms with van der Waals surface area (Å²) in [6.45, 7) is 0. The molecule has 0 aromatic rings. The van der Waals surface area contributed by atoms with Crippen LogP contribution in [0.15, 0.2) is 0 Å². The molecule has 0 aliphatic carbocycles. The summed E-state index contributed by atoms with van der Waals surface area (Å²) in [5.74, 6) is 0. The second kappa shape index (κ2) is 9.57. The van der Waals surface area contributed by atoms with Crippen LogP contribution in [0.4, 0.5) is 0 Å². The zero-order valence-corrected chi connectivity index (χ0v) is 3.73. The zero-order chi connectivity index (χ0) is 2.71. The molecule has 1 atom stereocenters. The van der Waals surface area contributed by atoms with Crippen molar-refractivity contribution < 1.29 is 26.2 Å². The van der Waals surface area contributed by atoms with Crippen molar-refractivity contribution in [1.82, 2.24) is 0 Å². The number of hydrogen-bond acceptors (Lipinski definition) is 1. The maximum atomic E-state index is 8.51. The number of rotatable bonds is 0. The molecule has 0 spiro atoms. The molecule has 0 aromatic heterocycles. The van der Waals surface area contributed by atoms with Crippen molar-refractivity contribution in [2.75, 3.05) is 0 Å². The third-order valence-corrected chi connectivity index (χ3v) is 0. The van der Waals surface area contributed by atoms with E-state index in [0.29, 0.717) is 0 Å². The zero-order valence-electron chi connectivity index (χ0n) is 1.69. The minimum atomic E-state index is -1.17. The van der Waals surface area contributed by atoms with Crippen molar-refractivity contribution in [1.29, 1.82) is 0 Å². The first kappa shape index (κ1) is 8.82. The van der Waals surface area contributed by atoms with Crippen LogP contribution in [-0.2, 0) is 21.3 Å². The van der Waals surface area contributed by atoms with Crippen LogP contribution < -0.4 is 0 Å². The van der Waals surface area contributed by atoms with E-state index in [1.54, 1.807) is 0 Å². The summed E-state index contributed by atoms with van der Waals surface area (Å²) in [7, 11) is -1.17. The molecular weight excluding hydrogens is 122 g/mol. The molecule has 1 radical (unpaired) electrons. The molecule has 4 heavy (non-hydrogen) atoms. The van der Waals surface area contributed by atoms with Gasteiger partial charge < -0.3 is 0 Å². The Balaban J connectivity index is 0. The van der Waals surface area contributed by atoms with E-state index >= 15 is 0 Å². The van der Waals surface area contributed by atoms with Gasteiger partial charge in [-0.3, -0.25) is 0 Å². The Kier molecular flexibility index (Phi) is 21.1. The summed E-state index contributed by atoms with van der Waals surface area (Å²) >= 11 is 0. The van der Waals surface area contributed by atoms with Crippen molar-refractivity contribution in [2.24, 2.45) is 0 Å². The minimum absolute atomic E-state index is 0. The van der Waals surface area contributed by atoms with Crippen molar-refractivity contribution >= 4 is 8.69 Å². The van der Waals surface area contributed by atoms with Gasteiger partial charge in [0.05, 0.1) is 0 Å². The minimum Gasteiger partial charge on any atom is -0.162 e. The maximum absolute atomic E-state index is 8.51. The van der Waals surface area contributed by atoms with E-state index in [-0.39, 0.29) is 16.8 Å². The smallest absolute Gasteiger partial charge is 0.162 e. The Labute approximate surface area is 35.7 Å².